The van der Waals surface area contributed by atoms with Crippen molar-refractivity contribution >= 4 is 33.2 Å². The number of hydrogen-bond acceptors (Lipinski definition) is 3. The molecule has 0 aliphatic carbocycles. The highest BCUT2D eigenvalue weighted by atomic mass is 79.9. The molecule has 0 aliphatic heterocycles. The van der Waals surface area contributed by atoms with Gasteiger partial charge >= 0.3 is 0 Å². The lowest BCUT2D eigenvalue weighted by Gasteiger charge is -2.09. The molecule has 0 aromatic heterocycles. The third-order valence-corrected chi connectivity index (χ3v) is 2.93. The number of anilines is 2. The van der Waals surface area contributed by atoms with Gasteiger partial charge in [0.2, 0.25) is 0 Å². The van der Waals surface area contributed by atoms with E-state index in [1.54, 1.807) is 24.3 Å². The minimum Gasteiger partial charge on any atom is -0.482 e. The Bertz CT molecular complexity index is 634. The number of carbonyl (C=O) groups is 1. The van der Waals surface area contributed by atoms with E-state index in [4.69, 9.17) is 10.5 Å². The fourth-order valence-electron chi connectivity index (χ4n) is 1.56. The van der Waals surface area contributed by atoms with Gasteiger partial charge in [-0.25, -0.2) is 4.39 Å². The highest BCUT2D eigenvalue weighted by Gasteiger charge is 2.06. The Kier molecular flexibility index (Phi) is 4.57. The van der Waals surface area contributed by atoms with Crippen LogP contribution in [0.4, 0.5) is 15.8 Å². The molecule has 1 amide bonds. The zero-order valence-corrected chi connectivity index (χ0v) is 12.0. The molecule has 4 nitrogen and oxygen atoms in total. The summed E-state index contributed by atoms with van der Waals surface area (Å²) in [6.07, 6.45) is 0. The van der Waals surface area contributed by atoms with Gasteiger partial charge in [-0.05, 0) is 36.4 Å². The number of carbonyl (C=O) groups excluding carboxylic acids is 1. The van der Waals surface area contributed by atoms with Gasteiger partial charge in [-0.15, -0.1) is 0 Å². The molecule has 0 fully saturated rings. The average Bonchev–Trinajstić information content (AvgIpc) is 2.37. The molecule has 2 aromatic carbocycles. The third kappa shape index (κ3) is 3.96. The van der Waals surface area contributed by atoms with Gasteiger partial charge in [0.1, 0.15) is 11.6 Å². The minimum absolute atomic E-state index is 0.206. The van der Waals surface area contributed by atoms with Crippen molar-refractivity contribution in [3.63, 3.8) is 0 Å². The smallest absolute Gasteiger partial charge is 0.262 e. The molecule has 2 aromatic rings. The summed E-state index contributed by atoms with van der Waals surface area (Å²) in [5.74, 6) is -0.388. The molecule has 0 radical (unpaired) electrons. The number of hydrogen-bond donors (Lipinski definition) is 2. The molecule has 0 unspecified atom stereocenters. The van der Waals surface area contributed by atoms with Crippen LogP contribution >= 0.6 is 15.9 Å². The predicted octanol–water partition coefficient (Wildman–Crippen LogP) is 3.19. The number of nitrogen functional groups attached to an aromatic ring is 1. The Labute approximate surface area is 123 Å². The number of halogens is 2. The van der Waals surface area contributed by atoms with Gasteiger partial charge in [-0.2, -0.15) is 0 Å². The number of nitrogens with one attached hydrogen (secondary N) is 1. The average molecular weight is 339 g/mol. The molecule has 0 atom stereocenters. The van der Waals surface area contributed by atoms with E-state index in [2.05, 4.69) is 21.2 Å². The second-order valence-electron chi connectivity index (χ2n) is 4.03. The zero-order chi connectivity index (χ0) is 14.5. The highest BCUT2D eigenvalue weighted by molar-refractivity contribution is 9.10. The fourth-order valence-corrected chi connectivity index (χ4v) is 1.94. The van der Waals surface area contributed by atoms with Crippen LogP contribution in [0.1, 0.15) is 0 Å². The second-order valence-corrected chi connectivity index (χ2v) is 4.95. The second kappa shape index (κ2) is 6.38. The van der Waals surface area contributed by atoms with Crippen molar-refractivity contribution in [1.29, 1.82) is 0 Å². The number of ether oxygens (including phenoxy) is 1. The Hall–Kier alpha value is -2.08. The summed E-state index contributed by atoms with van der Waals surface area (Å²) in [5.41, 5.74) is 6.55. The monoisotopic (exact) mass is 338 g/mol. The first-order chi connectivity index (χ1) is 9.54. The van der Waals surface area contributed by atoms with Gasteiger partial charge in [-0.3, -0.25) is 4.79 Å². The largest absolute Gasteiger partial charge is 0.482 e. The van der Waals surface area contributed by atoms with Crippen LogP contribution in [0.3, 0.4) is 0 Å². The normalized spacial score (nSPS) is 10.1. The summed E-state index contributed by atoms with van der Waals surface area (Å²) in [4.78, 5) is 11.7. The van der Waals surface area contributed by atoms with Crippen LogP contribution in [0, 0.1) is 5.82 Å². The Balaban J connectivity index is 1.92. The van der Waals surface area contributed by atoms with Crippen molar-refractivity contribution in [2.75, 3.05) is 17.7 Å². The Morgan fingerprint density at radius 2 is 2.10 bits per heavy atom. The summed E-state index contributed by atoms with van der Waals surface area (Å²) in [7, 11) is 0. The highest BCUT2D eigenvalue weighted by Crippen LogP contribution is 2.25. The molecule has 0 heterocycles. The number of benzene rings is 2. The molecular formula is C14H12BrFN2O2. The van der Waals surface area contributed by atoms with Crippen molar-refractivity contribution in [2.45, 2.75) is 0 Å². The van der Waals surface area contributed by atoms with E-state index in [-0.39, 0.29) is 6.61 Å². The van der Waals surface area contributed by atoms with E-state index < -0.39 is 11.7 Å². The molecule has 6 heteroatoms. The number of amides is 1. The maximum Gasteiger partial charge on any atom is 0.262 e. The molecule has 3 N–H and O–H groups in total. The Morgan fingerprint density at radius 1 is 1.30 bits per heavy atom. The topological polar surface area (TPSA) is 64.3 Å². The number of rotatable bonds is 4. The van der Waals surface area contributed by atoms with Crippen molar-refractivity contribution in [1.82, 2.24) is 0 Å². The van der Waals surface area contributed by atoms with Crippen molar-refractivity contribution in [3.8, 4) is 5.75 Å². The van der Waals surface area contributed by atoms with Gasteiger partial charge < -0.3 is 15.8 Å². The lowest BCUT2D eigenvalue weighted by Crippen LogP contribution is -2.20. The molecule has 0 saturated heterocycles. The molecule has 20 heavy (non-hydrogen) atoms. The summed E-state index contributed by atoms with van der Waals surface area (Å²) >= 11 is 3.28. The van der Waals surface area contributed by atoms with E-state index in [1.807, 2.05) is 0 Å². The molecule has 0 saturated carbocycles. The first kappa shape index (κ1) is 14.3. The maximum atomic E-state index is 13.0. The molecule has 104 valence electrons. The summed E-state index contributed by atoms with van der Waals surface area (Å²) in [6, 6.07) is 10.7. The van der Waals surface area contributed by atoms with Gasteiger partial charge in [0.05, 0.1) is 5.69 Å². The van der Waals surface area contributed by atoms with Gasteiger partial charge in [0.15, 0.2) is 6.61 Å². The first-order valence-corrected chi connectivity index (χ1v) is 6.57. The van der Waals surface area contributed by atoms with E-state index in [0.717, 1.165) is 4.47 Å². The summed E-state index contributed by atoms with van der Waals surface area (Å²) in [5, 5.41) is 2.53. The van der Waals surface area contributed by atoms with E-state index in [1.165, 1.54) is 18.2 Å². The SMILES string of the molecule is Nc1cc(Br)ccc1OCC(=O)Nc1cccc(F)c1. The maximum absolute atomic E-state index is 13.0. The summed E-state index contributed by atoms with van der Waals surface area (Å²) < 4.78 is 19.1. The van der Waals surface area contributed by atoms with Crippen molar-refractivity contribution in [3.05, 3.63) is 52.8 Å². The zero-order valence-electron chi connectivity index (χ0n) is 10.4. The van der Waals surface area contributed by atoms with Crippen LogP contribution in [-0.2, 0) is 4.79 Å². The first-order valence-electron chi connectivity index (χ1n) is 5.78. The Morgan fingerprint density at radius 3 is 2.80 bits per heavy atom. The molecular weight excluding hydrogens is 327 g/mol. The van der Waals surface area contributed by atoms with Crippen LogP contribution in [0.25, 0.3) is 0 Å². The standard InChI is InChI=1S/C14H12BrFN2O2/c15-9-4-5-13(12(17)6-9)20-8-14(19)18-11-3-1-2-10(16)7-11/h1-7H,8,17H2,(H,18,19). The summed E-state index contributed by atoms with van der Waals surface area (Å²) in [6.45, 7) is -0.206. The molecule has 2 rings (SSSR count). The van der Waals surface area contributed by atoms with Crippen LogP contribution in [0.15, 0.2) is 46.9 Å². The number of nitrogens with two attached hydrogens (primary N) is 1. The molecule has 0 bridgehead atoms. The van der Waals surface area contributed by atoms with Crippen LogP contribution in [0.2, 0.25) is 0 Å². The van der Waals surface area contributed by atoms with Crippen molar-refractivity contribution < 1.29 is 13.9 Å². The van der Waals surface area contributed by atoms with Crippen LogP contribution in [-0.4, -0.2) is 12.5 Å². The van der Waals surface area contributed by atoms with Gasteiger partial charge in [-0.1, -0.05) is 22.0 Å². The quantitative estimate of drug-likeness (QED) is 0.841. The van der Waals surface area contributed by atoms with E-state index in [0.29, 0.717) is 17.1 Å². The van der Waals surface area contributed by atoms with Crippen LogP contribution in [0.5, 0.6) is 5.75 Å². The lowest BCUT2D eigenvalue weighted by atomic mass is 10.3. The third-order valence-electron chi connectivity index (χ3n) is 2.44. The van der Waals surface area contributed by atoms with E-state index in [9.17, 15) is 9.18 Å². The predicted molar refractivity (Wildman–Crippen MR) is 79.1 cm³/mol. The van der Waals surface area contributed by atoms with Gasteiger partial charge in [0.25, 0.3) is 5.91 Å². The fraction of sp³-hybridized carbons (Fsp3) is 0.0714. The van der Waals surface area contributed by atoms with Gasteiger partial charge in [0, 0.05) is 10.2 Å². The lowest BCUT2D eigenvalue weighted by molar-refractivity contribution is -0.118. The molecule has 0 aliphatic rings. The minimum atomic E-state index is -0.416. The van der Waals surface area contributed by atoms with Crippen LogP contribution < -0.4 is 15.8 Å². The molecule has 0 spiro atoms. The van der Waals surface area contributed by atoms with Crippen molar-refractivity contribution in [2.24, 2.45) is 0 Å². The van der Waals surface area contributed by atoms with E-state index >= 15 is 0 Å².